The summed E-state index contributed by atoms with van der Waals surface area (Å²) in [6.45, 7) is 1.89. The van der Waals surface area contributed by atoms with E-state index in [0.29, 0.717) is 5.69 Å². The maximum Gasteiger partial charge on any atom is 0.356 e. The van der Waals surface area contributed by atoms with E-state index in [0.717, 1.165) is 5.56 Å². The molecule has 0 unspecified atom stereocenters. The number of aromatic carboxylic acids is 1. The summed E-state index contributed by atoms with van der Waals surface area (Å²) >= 11 is 0. The first-order valence-electron chi connectivity index (χ1n) is 4.38. The van der Waals surface area contributed by atoms with Crippen molar-refractivity contribution in [3.63, 3.8) is 0 Å². The third-order valence-corrected chi connectivity index (χ3v) is 1.95. The number of aryl methyl sites for hydroxylation is 1. The average molecular weight is 203 g/mol. The topological polar surface area (TPSA) is 68.0 Å². The number of nitrogens with zero attached hydrogens (tertiary/aromatic N) is 3. The van der Waals surface area contributed by atoms with Crippen molar-refractivity contribution in [1.82, 2.24) is 14.8 Å². The van der Waals surface area contributed by atoms with Gasteiger partial charge in [0.05, 0.1) is 11.9 Å². The number of pyridine rings is 1. The summed E-state index contributed by atoms with van der Waals surface area (Å²) < 4.78 is 1.51. The third-order valence-electron chi connectivity index (χ3n) is 1.95. The Morgan fingerprint density at radius 1 is 1.53 bits per heavy atom. The van der Waals surface area contributed by atoms with Crippen molar-refractivity contribution in [1.29, 1.82) is 0 Å². The maximum absolute atomic E-state index is 10.9. The molecule has 0 radical (unpaired) electrons. The van der Waals surface area contributed by atoms with Gasteiger partial charge in [-0.05, 0) is 24.6 Å². The molecule has 0 amide bonds. The molecule has 0 saturated carbocycles. The molecule has 0 atom stereocenters. The van der Waals surface area contributed by atoms with Gasteiger partial charge in [0.2, 0.25) is 0 Å². The second-order valence-electron chi connectivity index (χ2n) is 3.14. The minimum atomic E-state index is -1.06. The van der Waals surface area contributed by atoms with Gasteiger partial charge in [0.1, 0.15) is 0 Å². The number of carboxylic acids is 1. The zero-order valence-corrected chi connectivity index (χ0v) is 8.08. The number of carboxylic acid groups (broad SMARTS) is 1. The van der Waals surface area contributed by atoms with Gasteiger partial charge < -0.3 is 5.11 Å². The number of carbonyl (C=O) groups is 1. The van der Waals surface area contributed by atoms with Crippen molar-refractivity contribution in [2.75, 3.05) is 0 Å². The van der Waals surface area contributed by atoms with Crippen LogP contribution in [0.3, 0.4) is 0 Å². The lowest BCUT2D eigenvalue weighted by Gasteiger charge is -2.03. The Hall–Kier alpha value is -2.17. The molecule has 15 heavy (non-hydrogen) atoms. The predicted molar refractivity (Wildman–Crippen MR) is 53.1 cm³/mol. The summed E-state index contributed by atoms with van der Waals surface area (Å²) in [5.41, 5.74) is 1.44. The highest BCUT2D eigenvalue weighted by Gasteiger charge is 2.12. The molecule has 2 rings (SSSR count). The molecule has 5 heteroatoms. The molecule has 2 aromatic rings. The van der Waals surface area contributed by atoms with Crippen LogP contribution in [0.2, 0.25) is 0 Å². The third kappa shape index (κ3) is 1.71. The first kappa shape index (κ1) is 9.39. The molecule has 5 nitrogen and oxygen atoms in total. The Labute approximate surface area is 86.0 Å². The first-order valence-corrected chi connectivity index (χ1v) is 4.38. The molecule has 2 aromatic heterocycles. The Bertz CT molecular complexity index is 505. The largest absolute Gasteiger partial charge is 0.476 e. The number of rotatable bonds is 2. The van der Waals surface area contributed by atoms with E-state index in [1.165, 1.54) is 10.9 Å². The summed E-state index contributed by atoms with van der Waals surface area (Å²) in [4.78, 5) is 14.7. The second-order valence-corrected chi connectivity index (χ2v) is 3.14. The van der Waals surface area contributed by atoms with Crippen molar-refractivity contribution < 1.29 is 9.90 Å². The fourth-order valence-corrected chi connectivity index (χ4v) is 1.29. The van der Waals surface area contributed by atoms with E-state index in [-0.39, 0.29) is 5.69 Å². The highest BCUT2D eigenvalue weighted by Crippen LogP contribution is 2.11. The smallest absolute Gasteiger partial charge is 0.356 e. The molecule has 76 valence electrons. The van der Waals surface area contributed by atoms with Crippen LogP contribution in [0.5, 0.6) is 0 Å². The molecule has 0 fully saturated rings. The maximum atomic E-state index is 10.9. The van der Waals surface area contributed by atoms with Gasteiger partial charge >= 0.3 is 5.97 Å². The van der Waals surface area contributed by atoms with Crippen LogP contribution in [-0.4, -0.2) is 25.8 Å². The van der Waals surface area contributed by atoms with Gasteiger partial charge in [0.25, 0.3) is 0 Å². The van der Waals surface area contributed by atoms with Crippen molar-refractivity contribution in [2.24, 2.45) is 0 Å². The molecule has 0 bridgehead atoms. The Morgan fingerprint density at radius 3 is 2.93 bits per heavy atom. The number of aromatic nitrogens is 3. The van der Waals surface area contributed by atoms with Gasteiger partial charge in [-0.1, -0.05) is 0 Å². The monoisotopic (exact) mass is 203 g/mol. The minimum Gasteiger partial charge on any atom is -0.476 e. The highest BCUT2D eigenvalue weighted by molar-refractivity contribution is 5.89. The van der Waals surface area contributed by atoms with Gasteiger partial charge in [-0.3, -0.25) is 0 Å². The number of hydrogen-bond donors (Lipinski definition) is 1. The van der Waals surface area contributed by atoms with E-state index < -0.39 is 5.97 Å². The molecule has 0 spiro atoms. The van der Waals surface area contributed by atoms with Gasteiger partial charge in [-0.2, -0.15) is 5.10 Å². The van der Waals surface area contributed by atoms with Crippen LogP contribution in [0.25, 0.3) is 5.69 Å². The van der Waals surface area contributed by atoms with Gasteiger partial charge in [-0.25, -0.2) is 14.5 Å². The van der Waals surface area contributed by atoms with E-state index in [1.807, 2.05) is 6.92 Å². The van der Waals surface area contributed by atoms with Crippen molar-refractivity contribution in [2.45, 2.75) is 6.92 Å². The van der Waals surface area contributed by atoms with Crippen molar-refractivity contribution in [3.05, 3.63) is 42.0 Å². The molecule has 0 saturated heterocycles. The van der Waals surface area contributed by atoms with Crippen LogP contribution < -0.4 is 0 Å². The van der Waals surface area contributed by atoms with E-state index in [4.69, 9.17) is 5.11 Å². The molecule has 0 aromatic carbocycles. The Balaban J connectivity index is 2.57. The summed E-state index contributed by atoms with van der Waals surface area (Å²) in [7, 11) is 0. The van der Waals surface area contributed by atoms with Crippen LogP contribution in [-0.2, 0) is 0 Å². The molecular formula is C10H9N3O2. The number of hydrogen-bond acceptors (Lipinski definition) is 3. The molecule has 1 N–H and O–H groups in total. The Morgan fingerprint density at radius 2 is 2.33 bits per heavy atom. The molecule has 0 aliphatic carbocycles. The van der Waals surface area contributed by atoms with Crippen molar-refractivity contribution >= 4 is 5.97 Å². The first-order chi connectivity index (χ1) is 7.18. The summed E-state index contributed by atoms with van der Waals surface area (Å²) in [6.07, 6.45) is 4.87. The van der Waals surface area contributed by atoms with Gasteiger partial charge in [0, 0.05) is 12.4 Å². The normalized spacial score (nSPS) is 10.2. The lowest BCUT2D eigenvalue weighted by molar-refractivity contribution is 0.0690. The zero-order chi connectivity index (χ0) is 10.8. The Kier molecular flexibility index (Phi) is 2.21. The van der Waals surface area contributed by atoms with Gasteiger partial charge in [0.15, 0.2) is 5.69 Å². The predicted octanol–water partition coefficient (Wildman–Crippen LogP) is 1.27. The highest BCUT2D eigenvalue weighted by atomic mass is 16.4. The van der Waals surface area contributed by atoms with E-state index >= 15 is 0 Å². The lowest BCUT2D eigenvalue weighted by atomic mass is 10.3. The van der Waals surface area contributed by atoms with Crippen LogP contribution in [0.4, 0.5) is 0 Å². The SMILES string of the molecule is Cc1cnn(-c2cccnc2C(=O)O)c1. The van der Waals surface area contributed by atoms with E-state index in [2.05, 4.69) is 10.1 Å². The molecule has 0 aliphatic heterocycles. The van der Waals surface area contributed by atoms with Crippen LogP contribution in [0.15, 0.2) is 30.7 Å². The average Bonchev–Trinajstić information content (AvgIpc) is 2.65. The zero-order valence-electron chi connectivity index (χ0n) is 8.08. The molecular weight excluding hydrogens is 194 g/mol. The molecule has 2 heterocycles. The van der Waals surface area contributed by atoms with Crippen molar-refractivity contribution in [3.8, 4) is 5.69 Å². The fraction of sp³-hybridized carbons (Fsp3) is 0.100. The summed E-state index contributed by atoms with van der Waals surface area (Å²) in [6, 6.07) is 3.35. The molecule has 0 aliphatic rings. The minimum absolute atomic E-state index is 0.000556. The van der Waals surface area contributed by atoms with Crippen LogP contribution in [0.1, 0.15) is 16.1 Å². The van der Waals surface area contributed by atoms with E-state index in [9.17, 15) is 4.79 Å². The second kappa shape index (κ2) is 3.53. The fourth-order valence-electron chi connectivity index (χ4n) is 1.29. The van der Waals surface area contributed by atoms with E-state index in [1.54, 1.807) is 24.5 Å². The van der Waals surface area contributed by atoms with Gasteiger partial charge in [-0.15, -0.1) is 0 Å². The quantitative estimate of drug-likeness (QED) is 0.798. The van der Waals surface area contributed by atoms with Crippen LogP contribution >= 0.6 is 0 Å². The summed E-state index contributed by atoms with van der Waals surface area (Å²) in [5, 5.41) is 13.0. The standard InChI is InChI=1S/C10H9N3O2/c1-7-5-12-13(6-7)8-3-2-4-11-9(8)10(14)15/h2-6H,1H3,(H,14,15). The summed E-state index contributed by atoms with van der Waals surface area (Å²) in [5.74, 6) is -1.06. The van der Waals surface area contributed by atoms with Crippen LogP contribution in [0, 0.1) is 6.92 Å². The lowest BCUT2D eigenvalue weighted by Crippen LogP contribution is -2.07.